The van der Waals surface area contributed by atoms with Gasteiger partial charge in [0.1, 0.15) is 11.3 Å². The van der Waals surface area contributed by atoms with Crippen molar-refractivity contribution in [1.29, 1.82) is 0 Å². The Bertz CT molecular complexity index is 1460. The van der Waals surface area contributed by atoms with Crippen LogP contribution in [0.15, 0.2) is 23.1 Å². The molecule has 39 heavy (non-hydrogen) atoms. The number of benzene rings is 1. The van der Waals surface area contributed by atoms with Crippen molar-refractivity contribution in [2.45, 2.75) is 75.5 Å². The van der Waals surface area contributed by atoms with Gasteiger partial charge in [-0.2, -0.15) is 8.78 Å². The van der Waals surface area contributed by atoms with Gasteiger partial charge in [0.25, 0.3) is 5.92 Å². The topological polar surface area (TPSA) is 136 Å². The van der Waals surface area contributed by atoms with Crippen LogP contribution in [-0.4, -0.2) is 65.8 Å². The lowest BCUT2D eigenvalue weighted by Crippen LogP contribution is -2.50. The van der Waals surface area contributed by atoms with Crippen LogP contribution >= 0.6 is 0 Å². The maximum atomic E-state index is 14.9. The normalized spacial score (nSPS) is 21.4. The summed E-state index contributed by atoms with van der Waals surface area (Å²) in [6, 6.07) is 4.39. The minimum Gasteiger partial charge on any atom is -0.444 e. The fourth-order valence-corrected chi connectivity index (χ4v) is 6.68. The number of nitrogens with two attached hydrogens (primary N) is 1. The van der Waals surface area contributed by atoms with Crippen molar-refractivity contribution in [3.8, 4) is 11.3 Å². The largest absolute Gasteiger partial charge is 0.444 e. The number of hydrogen-bond donors (Lipinski definition) is 1. The van der Waals surface area contributed by atoms with Gasteiger partial charge in [-0.25, -0.2) is 23.2 Å². The highest BCUT2D eigenvalue weighted by Gasteiger charge is 2.44. The Kier molecular flexibility index (Phi) is 6.55. The molecule has 0 bridgehead atoms. The summed E-state index contributed by atoms with van der Waals surface area (Å²) in [5.74, 6) is -3.90. The van der Waals surface area contributed by atoms with E-state index < -0.39 is 39.8 Å². The quantitative estimate of drug-likeness (QED) is 0.599. The van der Waals surface area contributed by atoms with Crippen LogP contribution in [0.4, 0.5) is 19.5 Å². The van der Waals surface area contributed by atoms with Crippen molar-refractivity contribution in [3.05, 3.63) is 35.0 Å². The Morgan fingerprint density at radius 1 is 1.21 bits per heavy atom. The average molecular weight is 564 g/mol. The number of halogens is 2. The first kappa shape index (κ1) is 27.2. The Labute approximate surface area is 225 Å². The molecular formula is C26H31F2N5O5S. The Morgan fingerprint density at radius 3 is 2.59 bits per heavy atom. The average Bonchev–Trinajstić information content (AvgIpc) is 3.04. The highest BCUT2D eigenvalue weighted by Crippen LogP contribution is 2.45. The predicted octanol–water partition coefficient (Wildman–Crippen LogP) is 3.16. The molecule has 2 amide bonds. The van der Waals surface area contributed by atoms with Gasteiger partial charge in [-0.3, -0.25) is 4.79 Å². The van der Waals surface area contributed by atoms with E-state index in [1.807, 2.05) is 0 Å². The molecule has 5 rings (SSSR count). The molecule has 0 spiro atoms. The summed E-state index contributed by atoms with van der Waals surface area (Å²) in [6.07, 6.45) is -0.293. The summed E-state index contributed by atoms with van der Waals surface area (Å²) in [5, 5.41) is 0. The van der Waals surface area contributed by atoms with Crippen molar-refractivity contribution >= 4 is 27.8 Å². The number of amides is 2. The fraction of sp³-hybridized carbons (Fsp3) is 0.538. The molecule has 3 heterocycles. The summed E-state index contributed by atoms with van der Waals surface area (Å²) in [5.41, 5.74) is 5.52. The van der Waals surface area contributed by atoms with Crippen LogP contribution in [0.25, 0.3) is 11.3 Å². The van der Waals surface area contributed by atoms with Gasteiger partial charge in [0.15, 0.2) is 9.84 Å². The molecular weight excluding hydrogens is 532 g/mol. The van der Waals surface area contributed by atoms with Gasteiger partial charge in [-0.05, 0) is 45.2 Å². The standard InChI is InChI=1S/C26H31F2N5O5S/c1-25(2,3)38-24(35)32-10-11-39(36,37)19-12-15(4-5-16(19)14-32)21-18-6-8-26(27,28)22(18)31-23(30-21)33-9-7-17(33)13-20(29)34/h4-5,12,17H,6-11,13-14H2,1-3H3,(H2,29,34). The number of alkyl halides is 2. The molecule has 1 aliphatic carbocycles. The lowest BCUT2D eigenvalue weighted by atomic mass is 9.99. The van der Waals surface area contributed by atoms with Gasteiger partial charge in [0, 0.05) is 43.1 Å². The van der Waals surface area contributed by atoms with Crippen LogP contribution in [0.5, 0.6) is 0 Å². The third-order valence-electron chi connectivity index (χ3n) is 7.19. The van der Waals surface area contributed by atoms with Gasteiger partial charge in [0.2, 0.25) is 11.9 Å². The molecule has 0 radical (unpaired) electrons. The van der Waals surface area contributed by atoms with E-state index in [9.17, 15) is 26.8 Å². The molecule has 0 saturated carbocycles. The number of rotatable bonds is 4. The van der Waals surface area contributed by atoms with E-state index in [1.165, 1.54) is 11.0 Å². The SMILES string of the molecule is CC(C)(C)OC(=O)N1CCS(=O)(=O)c2cc(-c3nc(N4CCC4CC(N)=O)nc4c3CCC4(F)F)ccc2C1. The molecule has 2 aliphatic heterocycles. The zero-order chi connectivity index (χ0) is 28.3. The maximum Gasteiger partial charge on any atom is 0.410 e. The molecule has 2 aromatic rings. The van der Waals surface area contributed by atoms with E-state index in [1.54, 1.807) is 37.8 Å². The first-order valence-corrected chi connectivity index (χ1v) is 14.5. The first-order valence-electron chi connectivity index (χ1n) is 12.8. The van der Waals surface area contributed by atoms with E-state index in [4.69, 9.17) is 10.5 Å². The number of nitrogens with zero attached hydrogens (tertiary/aromatic N) is 4. The molecule has 1 fully saturated rings. The predicted molar refractivity (Wildman–Crippen MR) is 138 cm³/mol. The number of sulfone groups is 1. The van der Waals surface area contributed by atoms with Gasteiger partial charge in [0.05, 0.1) is 22.9 Å². The smallest absolute Gasteiger partial charge is 0.410 e. The van der Waals surface area contributed by atoms with Crippen LogP contribution in [-0.2, 0) is 38.3 Å². The Balaban J connectivity index is 1.56. The molecule has 1 atom stereocenters. The minimum atomic E-state index is -3.80. The third kappa shape index (κ3) is 5.28. The summed E-state index contributed by atoms with van der Waals surface area (Å²) in [7, 11) is -3.80. The van der Waals surface area contributed by atoms with E-state index in [0.29, 0.717) is 24.1 Å². The fourth-order valence-electron chi connectivity index (χ4n) is 5.16. The van der Waals surface area contributed by atoms with Crippen LogP contribution in [0.1, 0.15) is 56.9 Å². The molecule has 13 heteroatoms. The Morgan fingerprint density at radius 2 is 1.95 bits per heavy atom. The first-order chi connectivity index (χ1) is 18.1. The van der Waals surface area contributed by atoms with Gasteiger partial charge in [-0.15, -0.1) is 0 Å². The monoisotopic (exact) mass is 563 g/mol. The number of carbonyl (C=O) groups excluding carboxylic acids is 2. The van der Waals surface area contributed by atoms with Crippen LogP contribution in [0.2, 0.25) is 0 Å². The number of anilines is 1. The van der Waals surface area contributed by atoms with E-state index >= 15 is 0 Å². The van der Waals surface area contributed by atoms with Gasteiger partial charge < -0.3 is 20.3 Å². The maximum absolute atomic E-state index is 14.9. The highest BCUT2D eigenvalue weighted by molar-refractivity contribution is 7.91. The van der Waals surface area contributed by atoms with Crippen molar-refractivity contribution in [2.75, 3.05) is 23.7 Å². The second-order valence-corrected chi connectivity index (χ2v) is 13.3. The van der Waals surface area contributed by atoms with Crippen LogP contribution < -0.4 is 10.6 Å². The molecule has 1 aromatic carbocycles. The highest BCUT2D eigenvalue weighted by atomic mass is 32.2. The molecule has 1 saturated heterocycles. The zero-order valence-corrected chi connectivity index (χ0v) is 22.9. The van der Waals surface area contributed by atoms with Gasteiger partial charge >= 0.3 is 6.09 Å². The molecule has 2 N–H and O–H groups in total. The van der Waals surface area contributed by atoms with Crippen molar-refractivity contribution in [2.24, 2.45) is 5.73 Å². The van der Waals surface area contributed by atoms with Crippen molar-refractivity contribution in [3.63, 3.8) is 0 Å². The van der Waals surface area contributed by atoms with Crippen LogP contribution in [0, 0.1) is 0 Å². The number of primary amides is 1. The second-order valence-electron chi connectivity index (χ2n) is 11.3. The number of aromatic nitrogens is 2. The Hall–Kier alpha value is -3.35. The summed E-state index contributed by atoms with van der Waals surface area (Å²) >= 11 is 0. The lowest BCUT2D eigenvalue weighted by molar-refractivity contribution is -0.118. The number of fused-ring (bicyclic) bond motifs is 2. The molecule has 3 aliphatic rings. The van der Waals surface area contributed by atoms with Crippen molar-refractivity contribution in [1.82, 2.24) is 14.9 Å². The number of carbonyl (C=O) groups is 2. The summed E-state index contributed by atoms with van der Waals surface area (Å²) in [6.45, 7) is 5.66. The molecule has 210 valence electrons. The van der Waals surface area contributed by atoms with E-state index in [0.717, 1.165) is 0 Å². The summed E-state index contributed by atoms with van der Waals surface area (Å²) in [4.78, 5) is 36.0. The van der Waals surface area contributed by atoms with Crippen LogP contribution in [0.3, 0.4) is 0 Å². The van der Waals surface area contributed by atoms with Crippen molar-refractivity contribution < 1.29 is 31.5 Å². The van der Waals surface area contributed by atoms with E-state index in [-0.39, 0.29) is 65.5 Å². The molecule has 1 aromatic heterocycles. The summed E-state index contributed by atoms with van der Waals surface area (Å²) < 4.78 is 61.7. The lowest BCUT2D eigenvalue weighted by Gasteiger charge is -2.40. The second kappa shape index (κ2) is 9.39. The van der Waals surface area contributed by atoms with Gasteiger partial charge in [-0.1, -0.05) is 12.1 Å². The molecule has 1 unspecified atom stereocenters. The molecule has 10 nitrogen and oxygen atoms in total. The number of hydrogen-bond acceptors (Lipinski definition) is 8. The zero-order valence-electron chi connectivity index (χ0n) is 22.0. The third-order valence-corrected chi connectivity index (χ3v) is 8.96. The minimum absolute atomic E-state index is 0.0253. The number of ether oxygens (including phenoxy) is 1. The van der Waals surface area contributed by atoms with E-state index in [2.05, 4.69) is 9.97 Å².